The number of fused-ring (bicyclic) bond motifs is 1. The molecule has 3 nitrogen and oxygen atoms in total. The van der Waals surface area contributed by atoms with E-state index in [4.69, 9.17) is 0 Å². The van der Waals surface area contributed by atoms with Crippen molar-refractivity contribution in [2.75, 3.05) is 0 Å². The summed E-state index contributed by atoms with van der Waals surface area (Å²) in [6.07, 6.45) is 9.80. The van der Waals surface area contributed by atoms with Crippen molar-refractivity contribution in [3.05, 3.63) is 41.5 Å². The molecule has 2 rings (SSSR count). The SMILES string of the molecule is CCCCCCc1cc2ccccc2c(CCCCCC)c1S(=O)(=O)[O-].[Na+]. The zero-order valence-corrected chi connectivity index (χ0v) is 19.9. The number of aryl methyl sites for hydroxylation is 2. The van der Waals surface area contributed by atoms with Gasteiger partial charge in [-0.3, -0.25) is 0 Å². The van der Waals surface area contributed by atoms with Crippen LogP contribution < -0.4 is 29.6 Å². The summed E-state index contributed by atoms with van der Waals surface area (Å²) in [7, 11) is -4.49. The molecule has 0 amide bonds. The van der Waals surface area contributed by atoms with E-state index in [2.05, 4.69) is 13.8 Å². The number of hydrogen-bond acceptors (Lipinski definition) is 3. The van der Waals surface area contributed by atoms with Gasteiger partial charge in [0.2, 0.25) is 0 Å². The third-order valence-electron chi connectivity index (χ3n) is 5.01. The summed E-state index contributed by atoms with van der Waals surface area (Å²) in [6.45, 7) is 4.30. The summed E-state index contributed by atoms with van der Waals surface area (Å²) in [4.78, 5) is 0.0594. The van der Waals surface area contributed by atoms with Crippen molar-refractivity contribution in [1.82, 2.24) is 0 Å². The molecule has 0 aliphatic rings. The Morgan fingerprint density at radius 1 is 0.852 bits per heavy atom. The van der Waals surface area contributed by atoms with Crippen LogP contribution in [0.2, 0.25) is 0 Å². The van der Waals surface area contributed by atoms with Crippen molar-refractivity contribution in [2.24, 2.45) is 0 Å². The number of unbranched alkanes of at least 4 members (excludes halogenated alkanes) is 6. The first-order valence-corrected chi connectivity index (χ1v) is 11.4. The fraction of sp³-hybridized carbons (Fsp3) is 0.545. The molecule has 27 heavy (non-hydrogen) atoms. The smallest absolute Gasteiger partial charge is 0.744 e. The maximum absolute atomic E-state index is 12.1. The molecule has 0 unspecified atom stereocenters. The van der Waals surface area contributed by atoms with Crippen molar-refractivity contribution in [3.63, 3.8) is 0 Å². The maximum Gasteiger partial charge on any atom is 1.00 e. The molecule has 0 aliphatic carbocycles. The molecule has 0 radical (unpaired) electrons. The quantitative estimate of drug-likeness (QED) is 0.332. The van der Waals surface area contributed by atoms with Crippen LogP contribution in [0.3, 0.4) is 0 Å². The van der Waals surface area contributed by atoms with Gasteiger partial charge in [0.05, 0.1) is 4.90 Å². The molecule has 0 aromatic heterocycles. The maximum atomic E-state index is 12.1. The zero-order valence-electron chi connectivity index (χ0n) is 17.1. The third kappa shape index (κ3) is 7.17. The summed E-state index contributed by atoms with van der Waals surface area (Å²) < 4.78 is 36.4. The van der Waals surface area contributed by atoms with Crippen LogP contribution in [0.15, 0.2) is 35.2 Å². The first-order chi connectivity index (χ1) is 12.5. The Morgan fingerprint density at radius 2 is 1.44 bits per heavy atom. The Kier molecular flexibility index (Phi) is 11.2. The Morgan fingerprint density at radius 3 is 2.04 bits per heavy atom. The Bertz CT molecular complexity index is 816. The molecule has 0 fully saturated rings. The predicted molar refractivity (Wildman–Crippen MR) is 108 cm³/mol. The van der Waals surface area contributed by atoms with Gasteiger partial charge in [0.25, 0.3) is 0 Å². The topological polar surface area (TPSA) is 57.2 Å². The molecule has 2 aromatic rings. The molecule has 144 valence electrons. The minimum absolute atomic E-state index is 0. The molecule has 0 saturated carbocycles. The average molecular weight is 399 g/mol. The van der Waals surface area contributed by atoms with Crippen LogP contribution in [0, 0.1) is 0 Å². The molecule has 2 aromatic carbocycles. The Balaban J connectivity index is 0.00000364. The minimum Gasteiger partial charge on any atom is -0.744 e. The molecule has 5 heteroatoms. The predicted octanol–water partition coefficient (Wildman–Crippen LogP) is 2.99. The van der Waals surface area contributed by atoms with Crippen LogP contribution in [0.25, 0.3) is 10.8 Å². The first kappa shape index (κ1) is 24.6. The van der Waals surface area contributed by atoms with Gasteiger partial charge in [-0.05, 0) is 53.6 Å². The fourth-order valence-corrected chi connectivity index (χ4v) is 4.68. The number of rotatable bonds is 11. The van der Waals surface area contributed by atoms with Gasteiger partial charge in [0, 0.05) is 0 Å². The molecule has 0 heterocycles. The summed E-state index contributed by atoms with van der Waals surface area (Å²) in [5, 5.41) is 1.95. The van der Waals surface area contributed by atoms with Gasteiger partial charge in [0.1, 0.15) is 10.1 Å². The molecular weight excluding hydrogens is 367 g/mol. The molecule has 0 spiro atoms. The summed E-state index contributed by atoms with van der Waals surface area (Å²) in [5.74, 6) is 0. The van der Waals surface area contributed by atoms with Gasteiger partial charge in [-0.1, -0.05) is 76.6 Å². The van der Waals surface area contributed by atoms with Crippen LogP contribution >= 0.6 is 0 Å². The molecule has 0 saturated heterocycles. The van der Waals surface area contributed by atoms with E-state index in [0.29, 0.717) is 18.4 Å². The van der Waals surface area contributed by atoms with E-state index in [1.165, 1.54) is 0 Å². The summed E-state index contributed by atoms with van der Waals surface area (Å²) in [5.41, 5.74) is 1.44. The van der Waals surface area contributed by atoms with Crippen LogP contribution in [0.5, 0.6) is 0 Å². The van der Waals surface area contributed by atoms with Crippen LogP contribution in [0.4, 0.5) is 0 Å². The largest absolute Gasteiger partial charge is 1.00 e. The summed E-state index contributed by atoms with van der Waals surface area (Å²) in [6, 6.07) is 9.76. The van der Waals surface area contributed by atoms with Gasteiger partial charge in [0.15, 0.2) is 0 Å². The van der Waals surface area contributed by atoms with Crippen molar-refractivity contribution < 1.29 is 42.5 Å². The second kappa shape index (κ2) is 12.2. The monoisotopic (exact) mass is 398 g/mol. The Hall–Kier alpha value is -0.390. The average Bonchev–Trinajstić information content (AvgIpc) is 2.61. The molecular formula is C22H31NaO3S. The van der Waals surface area contributed by atoms with E-state index in [0.717, 1.165) is 67.7 Å². The first-order valence-electron chi connectivity index (χ1n) is 9.98. The van der Waals surface area contributed by atoms with E-state index in [1.54, 1.807) is 0 Å². The number of hydrogen-bond donors (Lipinski definition) is 0. The third-order valence-corrected chi connectivity index (χ3v) is 6.02. The van der Waals surface area contributed by atoms with Crippen molar-refractivity contribution in [2.45, 2.75) is 83.0 Å². The molecule has 0 N–H and O–H groups in total. The van der Waals surface area contributed by atoms with E-state index in [1.807, 2.05) is 30.3 Å². The van der Waals surface area contributed by atoms with Crippen LogP contribution in [-0.4, -0.2) is 13.0 Å². The molecule has 0 aliphatic heterocycles. The van der Waals surface area contributed by atoms with Gasteiger partial charge in [-0.2, -0.15) is 0 Å². The van der Waals surface area contributed by atoms with Crippen LogP contribution in [0.1, 0.15) is 76.3 Å². The van der Waals surface area contributed by atoms with E-state index in [9.17, 15) is 13.0 Å². The minimum atomic E-state index is -4.49. The van der Waals surface area contributed by atoms with Gasteiger partial charge >= 0.3 is 29.6 Å². The van der Waals surface area contributed by atoms with Crippen molar-refractivity contribution >= 4 is 20.9 Å². The fourth-order valence-electron chi connectivity index (χ4n) is 3.68. The summed E-state index contributed by atoms with van der Waals surface area (Å²) >= 11 is 0. The second-order valence-electron chi connectivity index (χ2n) is 7.14. The second-order valence-corrected chi connectivity index (χ2v) is 8.46. The van der Waals surface area contributed by atoms with E-state index >= 15 is 0 Å². The Labute approximate surface area is 187 Å². The normalized spacial score (nSPS) is 11.5. The number of benzene rings is 2. The van der Waals surface area contributed by atoms with E-state index < -0.39 is 10.1 Å². The zero-order chi connectivity index (χ0) is 19.0. The van der Waals surface area contributed by atoms with Gasteiger partial charge in [-0.15, -0.1) is 0 Å². The van der Waals surface area contributed by atoms with Gasteiger partial charge < -0.3 is 4.55 Å². The molecule has 0 atom stereocenters. The van der Waals surface area contributed by atoms with Crippen molar-refractivity contribution in [3.8, 4) is 0 Å². The molecule has 0 bridgehead atoms. The van der Waals surface area contributed by atoms with E-state index in [-0.39, 0.29) is 34.5 Å². The van der Waals surface area contributed by atoms with Crippen molar-refractivity contribution in [1.29, 1.82) is 0 Å². The standard InChI is InChI=1S/C22H32O3S.Na/c1-3-5-7-9-14-19-17-18-13-11-12-15-20(18)21(16-10-8-6-4-2)22(19)26(23,24)25;/h11-13,15,17H,3-10,14,16H2,1-2H3,(H,23,24,25);/q;+1/p-1. The van der Waals surface area contributed by atoms with Gasteiger partial charge in [-0.25, -0.2) is 8.42 Å². The van der Waals surface area contributed by atoms with Crippen LogP contribution in [-0.2, 0) is 23.0 Å².